The van der Waals surface area contributed by atoms with E-state index in [9.17, 15) is 9.18 Å². The minimum atomic E-state index is -0.767. The molecule has 3 aliphatic heterocycles. The Morgan fingerprint density at radius 1 is 1.18 bits per heavy atom. The first-order chi connectivity index (χ1) is 23.4. The molecule has 0 saturated carbocycles. The summed E-state index contributed by atoms with van der Waals surface area (Å²) in [7, 11) is 3.06. The van der Waals surface area contributed by atoms with Gasteiger partial charge in [0.2, 0.25) is 5.82 Å². The number of benzene rings is 1. The number of anilines is 1. The number of para-hydroxylation sites is 1. The summed E-state index contributed by atoms with van der Waals surface area (Å²) in [5.74, 6) is 2.32. The van der Waals surface area contributed by atoms with E-state index in [2.05, 4.69) is 25.8 Å². The molecule has 3 atom stereocenters. The molecule has 10 nitrogen and oxygen atoms in total. The van der Waals surface area contributed by atoms with Crippen LogP contribution in [0.1, 0.15) is 90.8 Å². The highest BCUT2D eigenvalue weighted by molar-refractivity contribution is 5.91. The summed E-state index contributed by atoms with van der Waals surface area (Å²) in [6.45, 7) is 14.7. The molecule has 3 aliphatic rings. The van der Waals surface area contributed by atoms with Gasteiger partial charge in [0.25, 0.3) is 5.88 Å². The van der Waals surface area contributed by atoms with E-state index in [4.69, 9.17) is 20.6 Å². The fraction of sp³-hybridized carbons (Fsp3) is 0.568. The second-order valence-electron chi connectivity index (χ2n) is 13.1. The van der Waals surface area contributed by atoms with Crippen LogP contribution in [0.15, 0.2) is 24.4 Å². The molecule has 12 heteroatoms. The van der Waals surface area contributed by atoms with Crippen molar-refractivity contribution in [1.29, 1.82) is 0 Å². The number of ether oxygens (including phenoxy) is 3. The van der Waals surface area contributed by atoms with Crippen LogP contribution in [-0.4, -0.2) is 89.0 Å². The summed E-state index contributed by atoms with van der Waals surface area (Å²) < 4.78 is 45.3. The summed E-state index contributed by atoms with van der Waals surface area (Å²) in [4.78, 5) is 31.6. The Balaban J connectivity index is 0.000000416. The van der Waals surface area contributed by atoms with Gasteiger partial charge in [-0.25, -0.2) is 14.2 Å². The van der Waals surface area contributed by atoms with Gasteiger partial charge in [-0.1, -0.05) is 38.8 Å². The SMILES string of the molecule is C#Cc1cccc(C(CC)N(C)C(=O)OC(C)(C)C)c1Oc1nc(N2CCC2)c2cnc(OC)nc2c1F.CC.FC1CC2CCCN2C1. The highest BCUT2D eigenvalue weighted by atomic mass is 19.1. The molecule has 1 aromatic carbocycles. The molecule has 3 fully saturated rings. The molecule has 3 aromatic rings. The van der Waals surface area contributed by atoms with E-state index in [1.807, 2.05) is 25.7 Å². The molecule has 49 heavy (non-hydrogen) atoms. The molecule has 3 saturated heterocycles. The van der Waals surface area contributed by atoms with Crippen molar-refractivity contribution in [3.05, 3.63) is 41.3 Å². The fourth-order valence-corrected chi connectivity index (χ4v) is 6.27. The van der Waals surface area contributed by atoms with E-state index in [0.29, 0.717) is 41.3 Å². The van der Waals surface area contributed by atoms with E-state index < -0.39 is 29.7 Å². The van der Waals surface area contributed by atoms with Crippen molar-refractivity contribution in [3.8, 4) is 30.0 Å². The lowest BCUT2D eigenvalue weighted by atomic mass is 9.99. The number of rotatable bonds is 7. The van der Waals surface area contributed by atoms with Gasteiger partial charge in [-0.05, 0) is 65.5 Å². The quantitative estimate of drug-likeness (QED) is 0.233. The third-order valence-corrected chi connectivity index (χ3v) is 8.70. The van der Waals surface area contributed by atoms with Crippen LogP contribution < -0.4 is 14.4 Å². The Kier molecular flexibility index (Phi) is 12.6. The molecular weight excluding hydrogens is 630 g/mol. The van der Waals surface area contributed by atoms with Crippen LogP contribution in [0.25, 0.3) is 10.9 Å². The van der Waals surface area contributed by atoms with Gasteiger partial charge in [-0.3, -0.25) is 4.90 Å². The number of amides is 1. The molecular formula is C37H50F2N6O4. The van der Waals surface area contributed by atoms with Crippen molar-refractivity contribution in [2.24, 2.45) is 0 Å². The number of carbonyl (C=O) groups excluding carboxylic acids is 1. The predicted octanol–water partition coefficient (Wildman–Crippen LogP) is 7.69. The second-order valence-corrected chi connectivity index (χ2v) is 13.1. The topological polar surface area (TPSA) is 93.2 Å². The first kappa shape index (κ1) is 37.6. The minimum Gasteiger partial charge on any atom is -0.467 e. The summed E-state index contributed by atoms with van der Waals surface area (Å²) in [6.07, 6.45) is 11.1. The van der Waals surface area contributed by atoms with Crippen molar-refractivity contribution >= 4 is 22.8 Å². The zero-order valence-electron chi connectivity index (χ0n) is 30.1. The second kappa shape index (κ2) is 16.4. The van der Waals surface area contributed by atoms with Crippen molar-refractivity contribution in [3.63, 3.8) is 0 Å². The number of fused-ring (bicyclic) bond motifs is 2. The average molecular weight is 681 g/mol. The van der Waals surface area contributed by atoms with Gasteiger partial charge in [-0.15, -0.1) is 6.42 Å². The first-order valence-corrected chi connectivity index (χ1v) is 17.2. The monoisotopic (exact) mass is 680 g/mol. The molecule has 0 radical (unpaired) electrons. The molecule has 6 rings (SSSR count). The predicted molar refractivity (Wildman–Crippen MR) is 188 cm³/mol. The van der Waals surface area contributed by atoms with Crippen molar-refractivity contribution in [2.45, 2.75) is 97.5 Å². The largest absolute Gasteiger partial charge is 0.467 e. The average Bonchev–Trinajstić information content (AvgIpc) is 3.64. The number of halogens is 2. The van der Waals surface area contributed by atoms with Gasteiger partial charge in [0.1, 0.15) is 28.9 Å². The number of pyridine rings is 1. The molecule has 3 unspecified atom stereocenters. The van der Waals surface area contributed by atoms with Crippen LogP contribution in [0.3, 0.4) is 0 Å². The van der Waals surface area contributed by atoms with Crippen molar-refractivity contribution in [2.75, 3.05) is 45.2 Å². The number of terminal acetylenes is 1. The van der Waals surface area contributed by atoms with Crippen LogP contribution >= 0.6 is 0 Å². The first-order valence-electron chi connectivity index (χ1n) is 17.2. The van der Waals surface area contributed by atoms with E-state index >= 15 is 4.39 Å². The molecule has 266 valence electrons. The number of carbonyl (C=O) groups is 1. The Hall–Kier alpha value is -4.24. The van der Waals surface area contributed by atoms with E-state index in [0.717, 1.165) is 32.5 Å². The van der Waals surface area contributed by atoms with Crippen LogP contribution in [0.5, 0.6) is 17.6 Å². The van der Waals surface area contributed by atoms with E-state index in [1.54, 1.807) is 46.0 Å². The van der Waals surface area contributed by atoms with Gasteiger partial charge in [0.05, 0.1) is 24.1 Å². The molecule has 1 amide bonds. The van der Waals surface area contributed by atoms with Crippen LogP contribution in [0, 0.1) is 18.2 Å². The Labute approximate surface area is 289 Å². The highest BCUT2D eigenvalue weighted by Gasteiger charge is 2.35. The number of aromatic nitrogens is 3. The Bertz CT molecular complexity index is 1630. The maximum Gasteiger partial charge on any atom is 0.410 e. The third-order valence-electron chi connectivity index (χ3n) is 8.70. The zero-order valence-corrected chi connectivity index (χ0v) is 30.1. The summed E-state index contributed by atoms with van der Waals surface area (Å²) in [5, 5.41) is 0.455. The Morgan fingerprint density at radius 2 is 1.92 bits per heavy atom. The zero-order chi connectivity index (χ0) is 35.9. The molecule has 0 aliphatic carbocycles. The van der Waals surface area contributed by atoms with Gasteiger partial charge < -0.3 is 24.0 Å². The molecule has 5 heterocycles. The molecule has 0 N–H and O–H groups in total. The summed E-state index contributed by atoms with van der Waals surface area (Å²) >= 11 is 0. The lowest BCUT2D eigenvalue weighted by Crippen LogP contribution is -2.38. The maximum atomic E-state index is 15.9. The Morgan fingerprint density at radius 3 is 2.51 bits per heavy atom. The van der Waals surface area contributed by atoms with Crippen LogP contribution in [-0.2, 0) is 4.74 Å². The maximum absolute atomic E-state index is 15.9. The third kappa shape index (κ3) is 8.68. The lowest BCUT2D eigenvalue weighted by molar-refractivity contribution is 0.0214. The van der Waals surface area contributed by atoms with Gasteiger partial charge in [-0.2, -0.15) is 14.4 Å². The van der Waals surface area contributed by atoms with Crippen molar-refractivity contribution in [1.82, 2.24) is 24.8 Å². The number of hydrogen-bond acceptors (Lipinski definition) is 9. The molecule has 0 spiro atoms. The summed E-state index contributed by atoms with van der Waals surface area (Å²) in [5.41, 5.74) is 0.355. The number of methoxy groups -OCH3 is 1. The van der Waals surface area contributed by atoms with E-state index in [1.165, 1.54) is 31.0 Å². The van der Waals surface area contributed by atoms with Crippen molar-refractivity contribution < 1.29 is 27.8 Å². The highest BCUT2D eigenvalue weighted by Crippen LogP contribution is 2.40. The lowest BCUT2D eigenvalue weighted by Gasteiger charge is -2.33. The van der Waals surface area contributed by atoms with Crippen LogP contribution in [0.4, 0.5) is 19.4 Å². The molecule has 2 aromatic heterocycles. The van der Waals surface area contributed by atoms with Gasteiger partial charge >= 0.3 is 12.1 Å². The normalized spacial score (nSPS) is 18.9. The smallest absolute Gasteiger partial charge is 0.410 e. The van der Waals surface area contributed by atoms with E-state index in [-0.39, 0.29) is 23.2 Å². The van der Waals surface area contributed by atoms with Gasteiger partial charge in [0.15, 0.2) is 0 Å². The standard InChI is InChI=1S/C28H32FN5O4.C7H12FN.C2H6/c1-8-17-12-10-13-18(20(9-2)33(6)27(35)38-28(3,4)5)23(17)37-25-21(29)22-19(16-30-26(31-22)36-7)24(32-25)34-14-11-15-34;8-6-4-7-2-1-3-9(7)5-6;1-2/h1,10,12-13,16,20H,9,11,14-15H2,2-7H3;6-7H,1-5H2;1-2H3. The minimum absolute atomic E-state index is 0.0258. The summed E-state index contributed by atoms with van der Waals surface area (Å²) in [6, 6.07) is 5.44. The number of nitrogens with zero attached hydrogens (tertiary/aromatic N) is 6. The number of alkyl halides is 1. The number of hydrogen-bond donors (Lipinski definition) is 0. The van der Waals surface area contributed by atoms with Crippen LogP contribution in [0.2, 0.25) is 0 Å². The molecule has 0 bridgehead atoms. The fourth-order valence-electron chi connectivity index (χ4n) is 6.27. The van der Waals surface area contributed by atoms with Gasteiger partial charge in [0, 0.05) is 44.5 Å².